The van der Waals surface area contributed by atoms with Crippen molar-refractivity contribution in [1.82, 2.24) is 0 Å². The number of anilines is 1. The maximum Gasteiger partial charge on any atom is 0.340 e. The molecule has 0 amide bonds. The van der Waals surface area contributed by atoms with E-state index in [2.05, 4.69) is 13.8 Å². The summed E-state index contributed by atoms with van der Waals surface area (Å²) < 4.78 is 15.9. The highest BCUT2D eigenvalue weighted by Crippen LogP contribution is 2.36. The monoisotopic (exact) mass is 293 g/mol. The van der Waals surface area contributed by atoms with Crippen LogP contribution in [0.2, 0.25) is 0 Å². The number of unbranched alkanes of at least 4 members (excludes halogenated alkanes) is 1. The van der Waals surface area contributed by atoms with Crippen LogP contribution >= 0.6 is 0 Å². The van der Waals surface area contributed by atoms with Gasteiger partial charge in [0.05, 0.1) is 17.9 Å². The fourth-order valence-corrected chi connectivity index (χ4v) is 2.30. The van der Waals surface area contributed by atoms with E-state index in [9.17, 15) is 4.79 Å². The first-order valence-corrected chi connectivity index (χ1v) is 7.51. The molecule has 1 aromatic rings. The summed E-state index contributed by atoms with van der Waals surface area (Å²) in [5.74, 6) is 1.11. The van der Waals surface area contributed by atoms with E-state index in [1.54, 1.807) is 12.1 Å². The van der Waals surface area contributed by atoms with Gasteiger partial charge in [-0.05, 0) is 12.3 Å². The van der Waals surface area contributed by atoms with Crippen LogP contribution < -0.4 is 15.2 Å². The van der Waals surface area contributed by atoms with Crippen molar-refractivity contribution in [2.75, 3.05) is 19.1 Å². The molecule has 116 valence electrons. The summed E-state index contributed by atoms with van der Waals surface area (Å²) in [4.78, 5) is 12.2. The number of benzene rings is 1. The molecule has 5 nitrogen and oxygen atoms in total. The molecule has 0 aliphatic carbocycles. The lowest BCUT2D eigenvalue weighted by atomic mass is 10.0. The van der Waals surface area contributed by atoms with Gasteiger partial charge < -0.3 is 19.9 Å². The molecule has 21 heavy (non-hydrogen) atoms. The van der Waals surface area contributed by atoms with E-state index < -0.39 is 5.97 Å². The van der Waals surface area contributed by atoms with Gasteiger partial charge in [0.1, 0.15) is 0 Å². The minimum absolute atomic E-state index is 0.155. The molecule has 1 heterocycles. The predicted molar refractivity (Wildman–Crippen MR) is 80.6 cm³/mol. The molecule has 0 aromatic heterocycles. The normalized spacial score (nSPS) is 14.0. The van der Waals surface area contributed by atoms with Crippen LogP contribution in [0.5, 0.6) is 11.5 Å². The Morgan fingerprint density at radius 2 is 2.05 bits per heavy atom. The molecule has 0 spiro atoms. The van der Waals surface area contributed by atoms with Crippen molar-refractivity contribution in [2.24, 2.45) is 5.92 Å². The van der Waals surface area contributed by atoms with Crippen LogP contribution in [0.3, 0.4) is 0 Å². The summed E-state index contributed by atoms with van der Waals surface area (Å²) >= 11 is 0. The topological polar surface area (TPSA) is 70.8 Å². The maximum atomic E-state index is 12.2. The van der Waals surface area contributed by atoms with Gasteiger partial charge in [-0.25, -0.2) is 4.79 Å². The molecule has 1 aliphatic rings. The minimum Gasteiger partial charge on any atom is -0.462 e. The highest BCUT2D eigenvalue weighted by molar-refractivity contribution is 5.96. The van der Waals surface area contributed by atoms with Gasteiger partial charge in [-0.15, -0.1) is 0 Å². The van der Waals surface area contributed by atoms with Crippen molar-refractivity contribution >= 4 is 11.7 Å². The zero-order valence-electron chi connectivity index (χ0n) is 12.7. The van der Waals surface area contributed by atoms with Gasteiger partial charge in [0.15, 0.2) is 11.5 Å². The Bertz CT molecular complexity index is 501. The second-order valence-electron chi connectivity index (χ2n) is 5.31. The van der Waals surface area contributed by atoms with Gasteiger partial charge in [0.2, 0.25) is 6.79 Å². The molecule has 1 aromatic carbocycles. The average Bonchev–Trinajstić information content (AvgIpc) is 2.93. The molecule has 5 heteroatoms. The van der Waals surface area contributed by atoms with Crippen LogP contribution in [0.15, 0.2) is 12.1 Å². The van der Waals surface area contributed by atoms with E-state index in [1.807, 2.05) is 0 Å². The van der Waals surface area contributed by atoms with Gasteiger partial charge >= 0.3 is 5.97 Å². The zero-order chi connectivity index (χ0) is 15.2. The van der Waals surface area contributed by atoms with E-state index in [1.165, 1.54) is 0 Å². The molecule has 0 bridgehead atoms. The molecule has 1 unspecified atom stereocenters. The van der Waals surface area contributed by atoms with Gasteiger partial charge in [-0.1, -0.05) is 33.1 Å². The molecule has 0 radical (unpaired) electrons. The van der Waals surface area contributed by atoms with Crippen molar-refractivity contribution < 1.29 is 19.0 Å². The molecular weight excluding hydrogens is 270 g/mol. The fraction of sp³-hybridized carbons (Fsp3) is 0.562. The van der Waals surface area contributed by atoms with E-state index >= 15 is 0 Å². The zero-order valence-corrected chi connectivity index (χ0v) is 12.7. The van der Waals surface area contributed by atoms with Crippen molar-refractivity contribution in [3.8, 4) is 11.5 Å². The first kappa shape index (κ1) is 15.5. The van der Waals surface area contributed by atoms with Gasteiger partial charge in [-0.3, -0.25) is 0 Å². The summed E-state index contributed by atoms with van der Waals surface area (Å²) in [5, 5.41) is 0. The number of rotatable bonds is 7. The number of fused-ring (bicyclic) bond motifs is 1. The van der Waals surface area contributed by atoms with E-state index in [0.29, 0.717) is 35.3 Å². The average molecular weight is 293 g/mol. The Labute approximate surface area is 125 Å². The summed E-state index contributed by atoms with van der Waals surface area (Å²) in [6.07, 6.45) is 4.39. The van der Waals surface area contributed by atoms with Crippen molar-refractivity contribution in [2.45, 2.75) is 39.5 Å². The van der Waals surface area contributed by atoms with Gasteiger partial charge in [0.25, 0.3) is 0 Å². The second kappa shape index (κ2) is 7.20. The van der Waals surface area contributed by atoms with Crippen LogP contribution in [0.25, 0.3) is 0 Å². The standard InChI is InChI=1S/C16H23NO4/c1-3-5-6-11(4-2)9-19-16(18)12-7-14-15(8-13(12)17)21-10-20-14/h7-8,11H,3-6,9-10,17H2,1-2H3. The minimum atomic E-state index is -0.402. The lowest BCUT2D eigenvalue weighted by Crippen LogP contribution is -2.15. The number of carbonyl (C=O) groups is 1. The summed E-state index contributed by atoms with van der Waals surface area (Å²) in [7, 11) is 0. The van der Waals surface area contributed by atoms with Crippen molar-refractivity contribution in [1.29, 1.82) is 0 Å². The third-order valence-corrected chi connectivity index (χ3v) is 3.76. The second-order valence-corrected chi connectivity index (χ2v) is 5.31. The summed E-state index contributed by atoms with van der Waals surface area (Å²) in [5.41, 5.74) is 6.57. The van der Waals surface area contributed by atoms with Crippen LogP contribution in [0, 0.1) is 5.92 Å². The fourth-order valence-electron chi connectivity index (χ4n) is 2.30. The Hall–Kier alpha value is -1.91. The molecule has 1 aliphatic heterocycles. The Balaban J connectivity index is 1.97. The van der Waals surface area contributed by atoms with E-state index in [0.717, 1.165) is 25.7 Å². The molecule has 0 saturated carbocycles. The molecule has 2 N–H and O–H groups in total. The molecule has 2 rings (SSSR count). The third-order valence-electron chi connectivity index (χ3n) is 3.76. The molecule has 0 saturated heterocycles. The Morgan fingerprint density at radius 3 is 2.71 bits per heavy atom. The van der Waals surface area contributed by atoms with Crippen LogP contribution in [-0.2, 0) is 4.74 Å². The number of carbonyl (C=O) groups excluding carboxylic acids is 1. The predicted octanol–water partition coefficient (Wildman–Crippen LogP) is 3.37. The highest BCUT2D eigenvalue weighted by atomic mass is 16.7. The lowest BCUT2D eigenvalue weighted by Gasteiger charge is -2.15. The largest absolute Gasteiger partial charge is 0.462 e. The number of esters is 1. The summed E-state index contributed by atoms with van der Waals surface area (Å²) in [6, 6.07) is 3.19. The van der Waals surface area contributed by atoms with Crippen LogP contribution in [0.1, 0.15) is 49.9 Å². The molecule has 0 fully saturated rings. The van der Waals surface area contributed by atoms with E-state index in [4.69, 9.17) is 19.9 Å². The smallest absolute Gasteiger partial charge is 0.340 e. The number of hydrogen-bond donors (Lipinski definition) is 1. The first-order chi connectivity index (χ1) is 10.2. The third kappa shape index (κ3) is 3.80. The van der Waals surface area contributed by atoms with E-state index in [-0.39, 0.29) is 6.79 Å². The van der Waals surface area contributed by atoms with Crippen LogP contribution in [-0.4, -0.2) is 19.4 Å². The van der Waals surface area contributed by atoms with Gasteiger partial charge in [-0.2, -0.15) is 0 Å². The van der Waals surface area contributed by atoms with Gasteiger partial charge in [0, 0.05) is 12.1 Å². The Kier molecular flexibility index (Phi) is 5.31. The number of ether oxygens (including phenoxy) is 3. The quantitative estimate of drug-likeness (QED) is 0.616. The number of nitrogens with two attached hydrogens (primary N) is 1. The van der Waals surface area contributed by atoms with Crippen LogP contribution in [0.4, 0.5) is 5.69 Å². The van der Waals surface area contributed by atoms with Crippen molar-refractivity contribution in [3.05, 3.63) is 17.7 Å². The maximum absolute atomic E-state index is 12.2. The van der Waals surface area contributed by atoms with Crippen molar-refractivity contribution in [3.63, 3.8) is 0 Å². The molecule has 1 atom stereocenters. The SMILES string of the molecule is CCCCC(CC)COC(=O)c1cc2c(cc1N)OCO2. The Morgan fingerprint density at radius 1 is 1.33 bits per heavy atom. The number of nitrogen functional groups attached to an aromatic ring is 1. The number of hydrogen-bond acceptors (Lipinski definition) is 5. The summed E-state index contributed by atoms with van der Waals surface area (Å²) in [6.45, 7) is 4.86. The highest BCUT2D eigenvalue weighted by Gasteiger charge is 2.21. The molecular formula is C16H23NO4. The first-order valence-electron chi connectivity index (χ1n) is 7.51. The lowest BCUT2D eigenvalue weighted by molar-refractivity contribution is 0.0429.